The van der Waals surface area contributed by atoms with E-state index in [-0.39, 0.29) is 0 Å². The Morgan fingerprint density at radius 1 is 1.33 bits per heavy atom. The summed E-state index contributed by atoms with van der Waals surface area (Å²) in [6, 6.07) is 6.65. The highest BCUT2D eigenvalue weighted by atomic mass is 32.2. The van der Waals surface area contributed by atoms with Gasteiger partial charge in [-0.2, -0.15) is 5.11 Å². The number of nitrogens with zero attached hydrogens (tertiary/aromatic N) is 2. The molecular formula is C12H19N3O2S. The smallest absolute Gasteiger partial charge is 0.207 e. The van der Waals surface area contributed by atoms with Gasteiger partial charge in [-0.25, -0.2) is 9.74 Å². The highest BCUT2D eigenvalue weighted by molar-refractivity contribution is 7.80. The summed E-state index contributed by atoms with van der Waals surface area (Å²) in [6.45, 7) is 3.86. The summed E-state index contributed by atoms with van der Waals surface area (Å²) in [6.07, 6.45) is 1.09. The highest BCUT2D eigenvalue weighted by Gasteiger charge is 2.05. The third kappa shape index (κ3) is 5.37. The lowest BCUT2D eigenvalue weighted by Crippen LogP contribution is -2.25. The van der Waals surface area contributed by atoms with E-state index in [2.05, 4.69) is 16.9 Å². The number of hydrogen-bond donors (Lipinski definition) is 1. The lowest BCUT2D eigenvalue weighted by Gasteiger charge is -2.14. The largest absolute Gasteiger partial charge is 0.401 e. The molecule has 5 nitrogen and oxygen atoms in total. The lowest BCUT2D eigenvalue weighted by atomic mass is 10.3. The highest BCUT2D eigenvalue weighted by Crippen LogP contribution is 2.18. The molecule has 1 atom stereocenters. The van der Waals surface area contributed by atoms with Gasteiger partial charge in [-0.1, -0.05) is 6.92 Å². The van der Waals surface area contributed by atoms with Crippen LogP contribution >= 0.6 is 0 Å². The number of benzene rings is 1. The summed E-state index contributed by atoms with van der Waals surface area (Å²) in [7, 11) is 2.01. The van der Waals surface area contributed by atoms with Gasteiger partial charge < -0.3 is 9.08 Å². The van der Waals surface area contributed by atoms with Gasteiger partial charge in [-0.05, 0) is 44.3 Å². The van der Waals surface area contributed by atoms with Gasteiger partial charge in [-0.3, -0.25) is 0 Å². The van der Waals surface area contributed by atoms with Crippen molar-refractivity contribution in [3.05, 3.63) is 24.3 Å². The topological polar surface area (TPSA) is 65.8 Å². The second-order valence-electron chi connectivity index (χ2n) is 4.00. The summed E-state index contributed by atoms with van der Waals surface area (Å²) in [4.78, 5) is 2.13. The average Bonchev–Trinajstić information content (AvgIpc) is 2.38. The number of nitrogens with one attached hydrogen (secondary N) is 1. The van der Waals surface area contributed by atoms with Crippen LogP contribution < -0.4 is 4.18 Å². The second kappa shape index (κ2) is 7.94. The molecule has 0 aliphatic rings. The minimum Gasteiger partial charge on any atom is -0.401 e. The maximum atomic E-state index is 11.7. The summed E-state index contributed by atoms with van der Waals surface area (Å²) in [5.74, 6) is 1.03. The number of rotatable bonds is 8. The Morgan fingerprint density at radius 3 is 2.56 bits per heavy atom. The molecule has 1 unspecified atom stereocenters. The van der Waals surface area contributed by atoms with Crippen molar-refractivity contribution < 1.29 is 8.39 Å². The van der Waals surface area contributed by atoms with E-state index < -0.39 is 11.1 Å². The third-order valence-electron chi connectivity index (χ3n) is 2.40. The van der Waals surface area contributed by atoms with E-state index in [4.69, 9.17) is 9.71 Å². The third-order valence-corrected chi connectivity index (χ3v) is 3.29. The maximum absolute atomic E-state index is 11.7. The molecule has 0 amide bonds. The Morgan fingerprint density at radius 2 is 2.00 bits per heavy atom. The molecule has 0 heterocycles. The first kappa shape index (κ1) is 14.8. The summed E-state index contributed by atoms with van der Waals surface area (Å²) in [5.41, 5.74) is 7.38. The van der Waals surface area contributed by atoms with Crippen molar-refractivity contribution in [3.8, 4) is 5.75 Å². The zero-order chi connectivity index (χ0) is 13.4. The first-order valence-corrected chi connectivity index (χ1v) is 7.13. The quantitative estimate of drug-likeness (QED) is 0.738. The summed E-state index contributed by atoms with van der Waals surface area (Å²) < 4.78 is 17.0. The summed E-state index contributed by atoms with van der Waals surface area (Å²) >= 11 is -1.32. The van der Waals surface area contributed by atoms with Crippen LogP contribution in [-0.4, -0.2) is 35.0 Å². The SMILES string of the molecule is CCCN(C)CCS(=O)Oc1ccc(N=N)cc1. The van der Waals surface area contributed by atoms with Crippen LogP contribution in [-0.2, 0) is 11.1 Å². The van der Waals surface area contributed by atoms with Crippen molar-refractivity contribution in [1.82, 2.24) is 4.90 Å². The molecule has 1 aromatic rings. The van der Waals surface area contributed by atoms with Crippen LogP contribution in [0.25, 0.3) is 0 Å². The van der Waals surface area contributed by atoms with Gasteiger partial charge in [0.05, 0.1) is 11.4 Å². The first-order valence-electron chi connectivity index (χ1n) is 5.88. The van der Waals surface area contributed by atoms with Gasteiger partial charge in [0.15, 0.2) is 0 Å². The molecule has 1 aromatic carbocycles. The minimum atomic E-state index is -1.32. The Kier molecular flexibility index (Phi) is 6.53. The second-order valence-corrected chi connectivity index (χ2v) is 5.18. The van der Waals surface area contributed by atoms with E-state index in [1.807, 2.05) is 7.05 Å². The molecule has 0 saturated carbocycles. The molecule has 0 spiro atoms. The fourth-order valence-corrected chi connectivity index (χ4v) is 2.32. The van der Waals surface area contributed by atoms with Gasteiger partial charge in [-0.15, -0.1) is 0 Å². The molecule has 1 N–H and O–H groups in total. The molecule has 18 heavy (non-hydrogen) atoms. The van der Waals surface area contributed by atoms with Crippen LogP contribution in [0.5, 0.6) is 5.75 Å². The van der Waals surface area contributed by atoms with Crippen molar-refractivity contribution in [1.29, 1.82) is 5.53 Å². The predicted molar refractivity (Wildman–Crippen MR) is 72.7 cm³/mol. The molecule has 0 radical (unpaired) electrons. The fraction of sp³-hybridized carbons (Fsp3) is 0.500. The van der Waals surface area contributed by atoms with Crippen LogP contribution in [0.2, 0.25) is 0 Å². The molecule has 0 aliphatic heterocycles. The number of hydrogen-bond acceptors (Lipinski definition) is 5. The van der Waals surface area contributed by atoms with E-state index in [9.17, 15) is 4.21 Å². The molecule has 0 fully saturated rings. The molecule has 0 aliphatic carbocycles. The van der Waals surface area contributed by atoms with Gasteiger partial charge in [0.2, 0.25) is 11.1 Å². The molecule has 0 aromatic heterocycles. The van der Waals surface area contributed by atoms with Gasteiger partial charge in [0, 0.05) is 6.54 Å². The van der Waals surface area contributed by atoms with Crippen LogP contribution in [0.15, 0.2) is 29.4 Å². The van der Waals surface area contributed by atoms with Crippen LogP contribution in [0.4, 0.5) is 5.69 Å². The van der Waals surface area contributed by atoms with E-state index in [0.717, 1.165) is 19.5 Å². The van der Waals surface area contributed by atoms with E-state index in [0.29, 0.717) is 17.2 Å². The van der Waals surface area contributed by atoms with Crippen molar-refractivity contribution in [3.63, 3.8) is 0 Å². The summed E-state index contributed by atoms with van der Waals surface area (Å²) in [5, 5.41) is 3.28. The zero-order valence-corrected chi connectivity index (χ0v) is 11.6. The van der Waals surface area contributed by atoms with E-state index in [1.165, 1.54) is 0 Å². The Hall–Kier alpha value is -1.27. The molecular weight excluding hydrogens is 250 g/mol. The maximum Gasteiger partial charge on any atom is 0.207 e. The molecule has 0 saturated heterocycles. The van der Waals surface area contributed by atoms with Crippen LogP contribution in [0.1, 0.15) is 13.3 Å². The fourth-order valence-electron chi connectivity index (χ4n) is 1.45. The average molecular weight is 269 g/mol. The van der Waals surface area contributed by atoms with Gasteiger partial charge in [0.1, 0.15) is 5.75 Å². The minimum absolute atomic E-state index is 0.487. The normalized spacial score (nSPS) is 12.4. The van der Waals surface area contributed by atoms with Crippen molar-refractivity contribution in [2.75, 3.05) is 25.9 Å². The first-order chi connectivity index (χ1) is 8.65. The Bertz CT molecular complexity index is 395. The van der Waals surface area contributed by atoms with Crippen molar-refractivity contribution in [2.24, 2.45) is 5.11 Å². The van der Waals surface area contributed by atoms with Gasteiger partial charge >= 0.3 is 0 Å². The molecule has 0 bridgehead atoms. The standard InChI is InChI=1S/C12H19N3O2S/c1-3-8-15(2)9-10-18(16)17-12-6-4-11(14-13)5-7-12/h4-7,13H,3,8-10H2,1-2H3. The lowest BCUT2D eigenvalue weighted by molar-refractivity contribution is 0.353. The van der Waals surface area contributed by atoms with E-state index in [1.54, 1.807) is 24.3 Å². The Balaban J connectivity index is 2.37. The van der Waals surface area contributed by atoms with Crippen molar-refractivity contribution >= 4 is 16.8 Å². The Labute approximate surface area is 110 Å². The molecule has 6 heteroatoms. The van der Waals surface area contributed by atoms with Gasteiger partial charge in [0.25, 0.3) is 0 Å². The van der Waals surface area contributed by atoms with Crippen molar-refractivity contribution in [2.45, 2.75) is 13.3 Å². The molecule has 100 valence electrons. The van der Waals surface area contributed by atoms with E-state index >= 15 is 0 Å². The molecule has 1 rings (SSSR count). The van der Waals surface area contributed by atoms with Crippen LogP contribution in [0, 0.1) is 5.53 Å². The van der Waals surface area contributed by atoms with Crippen LogP contribution in [0.3, 0.4) is 0 Å². The monoisotopic (exact) mass is 269 g/mol. The zero-order valence-electron chi connectivity index (χ0n) is 10.8. The predicted octanol–water partition coefficient (Wildman–Crippen LogP) is 2.73.